The zero-order chi connectivity index (χ0) is 13.2. The average molecular weight is 271 g/mol. The van der Waals surface area contributed by atoms with Gasteiger partial charge in [0.25, 0.3) is 0 Å². The minimum atomic E-state index is -3.41. The van der Waals surface area contributed by atoms with E-state index in [1.54, 1.807) is 0 Å². The number of sulfone groups is 1. The Kier molecular flexibility index (Phi) is 3.65. The lowest BCUT2D eigenvalue weighted by Crippen LogP contribution is -2.27. The monoisotopic (exact) mass is 271 g/mol. The first kappa shape index (κ1) is 13.0. The lowest BCUT2D eigenvalue weighted by atomic mass is 9.98. The summed E-state index contributed by atoms with van der Waals surface area (Å²) in [6, 6.07) is 4.88. The van der Waals surface area contributed by atoms with Gasteiger partial charge in [0, 0.05) is 0 Å². The number of nitrogens with zero attached hydrogens (tertiary/aromatic N) is 1. The molecule has 0 aliphatic heterocycles. The molecule has 1 saturated carbocycles. The first-order valence-corrected chi connectivity index (χ1v) is 7.28. The molecule has 0 radical (unpaired) electrons. The van der Waals surface area contributed by atoms with E-state index < -0.39 is 20.9 Å². The van der Waals surface area contributed by atoms with E-state index >= 15 is 0 Å². The molecule has 1 aromatic rings. The van der Waals surface area contributed by atoms with Gasteiger partial charge >= 0.3 is 0 Å². The molecule has 1 aliphatic rings. The van der Waals surface area contributed by atoms with Crippen LogP contribution in [0.2, 0.25) is 0 Å². The van der Waals surface area contributed by atoms with Gasteiger partial charge in [0.15, 0.2) is 9.84 Å². The Morgan fingerprint density at radius 3 is 2.22 bits per heavy atom. The van der Waals surface area contributed by atoms with Crippen molar-refractivity contribution < 1.29 is 18.0 Å². The number of hydrogen-bond donors (Lipinski definition) is 1. The minimum absolute atomic E-state index is 0.151. The maximum absolute atomic E-state index is 12.8. The summed E-state index contributed by atoms with van der Waals surface area (Å²) >= 11 is 0. The van der Waals surface area contributed by atoms with Gasteiger partial charge in [-0.2, -0.15) is 0 Å². The topological polar surface area (TPSA) is 66.7 Å². The predicted molar refractivity (Wildman–Crippen MR) is 65.1 cm³/mol. The highest BCUT2D eigenvalue weighted by Gasteiger charge is 2.30. The fraction of sp³-hybridized carbons (Fsp3) is 0.417. The minimum Gasteiger partial charge on any atom is -0.411 e. The van der Waals surface area contributed by atoms with Crippen molar-refractivity contribution >= 4 is 15.5 Å². The van der Waals surface area contributed by atoms with Crippen LogP contribution < -0.4 is 0 Å². The van der Waals surface area contributed by atoms with Crippen LogP contribution in [0, 0.1) is 5.82 Å². The third-order valence-electron chi connectivity index (χ3n) is 3.23. The Morgan fingerprint density at radius 2 is 1.72 bits per heavy atom. The smallest absolute Gasteiger partial charge is 0.181 e. The first-order valence-electron chi connectivity index (χ1n) is 5.73. The van der Waals surface area contributed by atoms with Crippen molar-refractivity contribution in [3.63, 3.8) is 0 Å². The third kappa shape index (κ3) is 2.53. The number of oxime groups is 1. The molecule has 0 heterocycles. The molecule has 6 heteroatoms. The fourth-order valence-electron chi connectivity index (χ4n) is 2.15. The van der Waals surface area contributed by atoms with Crippen LogP contribution >= 0.6 is 0 Å². The molecule has 18 heavy (non-hydrogen) atoms. The highest BCUT2D eigenvalue weighted by molar-refractivity contribution is 7.92. The van der Waals surface area contributed by atoms with E-state index in [9.17, 15) is 12.8 Å². The molecule has 0 saturated heterocycles. The number of benzene rings is 1. The van der Waals surface area contributed by atoms with Gasteiger partial charge in [-0.1, -0.05) is 5.16 Å². The summed E-state index contributed by atoms with van der Waals surface area (Å²) in [6.45, 7) is 0. The molecule has 0 unspecified atom stereocenters. The molecule has 0 amide bonds. The van der Waals surface area contributed by atoms with Crippen LogP contribution in [0.3, 0.4) is 0 Å². The summed E-state index contributed by atoms with van der Waals surface area (Å²) in [4.78, 5) is 0.151. The second-order valence-corrected chi connectivity index (χ2v) is 6.59. The summed E-state index contributed by atoms with van der Waals surface area (Å²) in [5.74, 6) is -0.452. The van der Waals surface area contributed by atoms with Crippen LogP contribution in [0.15, 0.2) is 34.3 Å². The van der Waals surface area contributed by atoms with Crippen molar-refractivity contribution in [3.05, 3.63) is 30.1 Å². The summed E-state index contributed by atoms with van der Waals surface area (Å²) in [5, 5.41) is 11.3. The van der Waals surface area contributed by atoms with Gasteiger partial charge in [-0.05, 0) is 49.9 Å². The first-order chi connectivity index (χ1) is 8.54. The summed E-state index contributed by atoms with van der Waals surface area (Å²) in [6.07, 6.45) is 1.86. The summed E-state index contributed by atoms with van der Waals surface area (Å²) in [7, 11) is -3.41. The van der Waals surface area contributed by atoms with Crippen molar-refractivity contribution in [2.24, 2.45) is 5.16 Å². The molecule has 98 valence electrons. The molecular weight excluding hydrogens is 257 g/mol. The van der Waals surface area contributed by atoms with Crippen molar-refractivity contribution in [2.75, 3.05) is 0 Å². The van der Waals surface area contributed by atoms with Crippen molar-refractivity contribution in [1.29, 1.82) is 0 Å². The molecule has 1 fully saturated rings. The van der Waals surface area contributed by atoms with Crippen LogP contribution in [0.5, 0.6) is 0 Å². The van der Waals surface area contributed by atoms with Crippen molar-refractivity contribution in [3.8, 4) is 0 Å². The third-order valence-corrected chi connectivity index (χ3v) is 5.51. The average Bonchev–Trinajstić information content (AvgIpc) is 2.39. The Bertz CT molecular complexity index is 541. The van der Waals surface area contributed by atoms with Gasteiger partial charge in [0.1, 0.15) is 5.82 Å². The van der Waals surface area contributed by atoms with Gasteiger partial charge in [0.2, 0.25) is 0 Å². The zero-order valence-corrected chi connectivity index (χ0v) is 10.5. The van der Waals surface area contributed by atoms with Crippen LogP contribution in [0.25, 0.3) is 0 Å². The zero-order valence-electron chi connectivity index (χ0n) is 9.71. The Balaban J connectivity index is 2.20. The molecular formula is C12H14FNO3S. The standard InChI is InChI=1S/C12H14FNO3S/c13-9-1-5-11(6-2-9)18(16,17)12-7-3-10(14-15)4-8-12/h1-2,5-6,12,15H,3-4,7-8H2. The van der Waals surface area contributed by atoms with E-state index in [1.165, 1.54) is 12.1 Å². The normalized spacial score (nSPS) is 20.7. The predicted octanol–water partition coefficient (Wildman–Crippen LogP) is 2.37. The maximum atomic E-state index is 12.8. The number of hydrogen-bond acceptors (Lipinski definition) is 4. The lowest BCUT2D eigenvalue weighted by molar-refractivity contribution is 0.314. The quantitative estimate of drug-likeness (QED) is 0.510. The van der Waals surface area contributed by atoms with Gasteiger partial charge in [-0.3, -0.25) is 0 Å². The van der Waals surface area contributed by atoms with E-state index in [4.69, 9.17) is 5.21 Å². The highest BCUT2D eigenvalue weighted by atomic mass is 32.2. The fourth-order valence-corrected chi connectivity index (χ4v) is 3.91. The Morgan fingerprint density at radius 1 is 1.17 bits per heavy atom. The second kappa shape index (κ2) is 5.06. The molecule has 0 atom stereocenters. The summed E-state index contributed by atoms with van der Waals surface area (Å²) < 4.78 is 37.3. The Hall–Kier alpha value is -1.43. The van der Waals surface area contributed by atoms with Gasteiger partial charge in [-0.15, -0.1) is 0 Å². The number of halogens is 1. The van der Waals surface area contributed by atoms with E-state index in [2.05, 4.69) is 5.16 Å². The van der Waals surface area contributed by atoms with Crippen molar-refractivity contribution in [1.82, 2.24) is 0 Å². The molecule has 0 aromatic heterocycles. The van der Waals surface area contributed by atoms with Gasteiger partial charge in [0.05, 0.1) is 15.9 Å². The van der Waals surface area contributed by atoms with Crippen LogP contribution in [0.1, 0.15) is 25.7 Å². The lowest BCUT2D eigenvalue weighted by Gasteiger charge is -2.22. The largest absolute Gasteiger partial charge is 0.411 e. The maximum Gasteiger partial charge on any atom is 0.181 e. The Labute approximate surface area is 105 Å². The molecule has 2 rings (SSSR count). The molecule has 4 nitrogen and oxygen atoms in total. The van der Waals surface area contributed by atoms with Gasteiger partial charge < -0.3 is 5.21 Å². The van der Waals surface area contributed by atoms with Gasteiger partial charge in [-0.25, -0.2) is 12.8 Å². The highest BCUT2D eigenvalue weighted by Crippen LogP contribution is 2.27. The van der Waals surface area contributed by atoms with Crippen LogP contribution in [-0.2, 0) is 9.84 Å². The number of rotatable bonds is 2. The van der Waals surface area contributed by atoms with E-state index in [0.717, 1.165) is 12.1 Å². The van der Waals surface area contributed by atoms with E-state index in [-0.39, 0.29) is 4.90 Å². The van der Waals surface area contributed by atoms with Crippen molar-refractivity contribution in [2.45, 2.75) is 35.8 Å². The molecule has 0 bridgehead atoms. The van der Waals surface area contributed by atoms with Crippen LogP contribution in [-0.4, -0.2) is 24.6 Å². The molecule has 1 N–H and O–H groups in total. The molecule has 1 aromatic carbocycles. The SMILES string of the molecule is O=S(=O)(c1ccc(F)cc1)C1CCC(=NO)CC1. The summed E-state index contributed by atoms with van der Waals surface area (Å²) in [5.41, 5.74) is 0.639. The van der Waals surface area contributed by atoms with E-state index in [1.807, 2.05) is 0 Å². The van der Waals surface area contributed by atoms with Crippen LogP contribution in [0.4, 0.5) is 4.39 Å². The second-order valence-electron chi connectivity index (χ2n) is 4.36. The van der Waals surface area contributed by atoms with E-state index in [0.29, 0.717) is 31.4 Å². The molecule has 1 aliphatic carbocycles. The molecule has 0 spiro atoms.